The summed E-state index contributed by atoms with van der Waals surface area (Å²) in [5.41, 5.74) is 1.20. The number of halogens is 1. The van der Waals surface area contributed by atoms with Crippen LogP contribution in [0.1, 0.15) is 22.2 Å². The number of nitrogens with zero attached hydrogens (tertiary/aromatic N) is 2. The first-order valence-corrected chi connectivity index (χ1v) is 10.7. The van der Waals surface area contributed by atoms with Gasteiger partial charge in [0.2, 0.25) is 5.78 Å². The highest BCUT2D eigenvalue weighted by atomic mass is 79.9. The molecular weight excluding hydrogens is 468 g/mol. The van der Waals surface area contributed by atoms with Crippen LogP contribution < -0.4 is 4.90 Å². The number of benzene rings is 2. The van der Waals surface area contributed by atoms with Crippen LogP contribution in [0.4, 0.5) is 5.13 Å². The number of carbonyl (C=O) groups excluding carboxylic acids is 2. The Bertz CT molecular complexity index is 1280. The number of para-hydroxylation sites is 1. The summed E-state index contributed by atoms with van der Waals surface area (Å²) in [7, 11) is 0. The molecule has 148 valence electrons. The minimum Gasteiger partial charge on any atom is -0.503 e. The van der Waals surface area contributed by atoms with Crippen molar-refractivity contribution in [1.82, 2.24) is 4.98 Å². The van der Waals surface area contributed by atoms with E-state index in [1.54, 1.807) is 35.8 Å². The Morgan fingerprint density at radius 1 is 1.17 bits per heavy atom. The predicted molar refractivity (Wildman–Crippen MR) is 117 cm³/mol. The van der Waals surface area contributed by atoms with Crippen molar-refractivity contribution in [2.24, 2.45) is 0 Å². The number of aliphatic hydroxyl groups excluding tert-OH is 1. The van der Waals surface area contributed by atoms with Gasteiger partial charge in [-0.25, -0.2) is 4.98 Å². The van der Waals surface area contributed by atoms with Gasteiger partial charge in [-0.1, -0.05) is 46.3 Å². The molecule has 0 bridgehead atoms. The molecule has 6 nitrogen and oxygen atoms in total. The van der Waals surface area contributed by atoms with E-state index in [0.717, 1.165) is 9.86 Å². The van der Waals surface area contributed by atoms with E-state index in [1.165, 1.54) is 16.2 Å². The number of ketones is 1. The number of carbonyl (C=O) groups is 2. The number of hydrogen-bond donors (Lipinski definition) is 1. The highest BCUT2D eigenvalue weighted by Gasteiger charge is 2.46. The van der Waals surface area contributed by atoms with Gasteiger partial charge >= 0.3 is 0 Å². The third kappa shape index (κ3) is 2.96. The molecule has 1 aliphatic heterocycles. The summed E-state index contributed by atoms with van der Waals surface area (Å²) in [5.74, 6) is -1.74. The number of fused-ring (bicyclic) bond motifs is 1. The average molecular weight is 481 g/mol. The van der Waals surface area contributed by atoms with E-state index in [0.29, 0.717) is 16.3 Å². The van der Waals surface area contributed by atoms with Gasteiger partial charge in [-0.15, -0.1) is 11.3 Å². The maximum absolute atomic E-state index is 13.4. The molecule has 2 aromatic heterocycles. The lowest BCUT2D eigenvalue weighted by Crippen LogP contribution is -2.30. The first kappa shape index (κ1) is 18.8. The van der Waals surface area contributed by atoms with Crippen LogP contribution in [-0.2, 0) is 4.79 Å². The van der Waals surface area contributed by atoms with Gasteiger partial charge < -0.3 is 9.52 Å². The van der Waals surface area contributed by atoms with Crippen molar-refractivity contribution in [3.05, 3.63) is 93.3 Å². The zero-order valence-electron chi connectivity index (χ0n) is 15.3. The van der Waals surface area contributed by atoms with E-state index in [9.17, 15) is 14.7 Å². The molecule has 1 aliphatic rings. The minimum absolute atomic E-state index is 0.0309. The van der Waals surface area contributed by atoms with Crippen LogP contribution in [0.25, 0.3) is 11.0 Å². The summed E-state index contributed by atoms with van der Waals surface area (Å²) < 4.78 is 6.57. The Hall–Kier alpha value is -3.23. The summed E-state index contributed by atoms with van der Waals surface area (Å²) >= 11 is 4.65. The third-order valence-corrected chi connectivity index (χ3v) is 6.21. The molecule has 0 radical (unpaired) electrons. The van der Waals surface area contributed by atoms with Crippen LogP contribution >= 0.6 is 27.3 Å². The Morgan fingerprint density at radius 3 is 2.63 bits per heavy atom. The van der Waals surface area contributed by atoms with Gasteiger partial charge in [0.1, 0.15) is 5.58 Å². The van der Waals surface area contributed by atoms with Crippen molar-refractivity contribution in [1.29, 1.82) is 0 Å². The van der Waals surface area contributed by atoms with Crippen LogP contribution in [0.3, 0.4) is 0 Å². The normalized spacial score (nSPS) is 16.6. The maximum Gasteiger partial charge on any atom is 0.296 e. The zero-order valence-corrected chi connectivity index (χ0v) is 17.7. The van der Waals surface area contributed by atoms with E-state index in [2.05, 4.69) is 20.9 Å². The van der Waals surface area contributed by atoms with E-state index in [-0.39, 0.29) is 11.3 Å². The Labute approximate surface area is 183 Å². The molecule has 30 heavy (non-hydrogen) atoms. The van der Waals surface area contributed by atoms with Crippen molar-refractivity contribution in [3.63, 3.8) is 0 Å². The smallest absolute Gasteiger partial charge is 0.296 e. The molecule has 0 saturated heterocycles. The summed E-state index contributed by atoms with van der Waals surface area (Å²) in [5, 5.41) is 13.6. The number of furan rings is 1. The molecule has 0 spiro atoms. The van der Waals surface area contributed by atoms with E-state index >= 15 is 0 Å². The molecule has 0 saturated carbocycles. The predicted octanol–water partition coefficient (Wildman–Crippen LogP) is 5.43. The summed E-state index contributed by atoms with van der Waals surface area (Å²) in [6.45, 7) is 0. The lowest BCUT2D eigenvalue weighted by Gasteiger charge is -2.24. The number of thiazole rings is 1. The maximum atomic E-state index is 13.4. The SMILES string of the molecule is O=C(C1=C(O)C(=O)N(c2nccs2)C1c1ccc(Br)cc1)c1cc2ccccc2o1. The molecule has 1 N–H and O–H groups in total. The highest BCUT2D eigenvalue weighted by molar-refractivity contribution is 9.10. The molecular formula is C22H13BrN2O4S. The molecule has 5 rings (SSSR count). The Balaban J connectivity index is 1.66. The van der Waals surface area contributed by atoms with E-state index < -0.39 is 23.5 Å². The van der Waals surface area contributed by atoms with Crippen LogP contribution in [0, 0.1) is 0 Å². The lowest BCUT2D eigenvalue weighted by atomic mass is 9.95. The second-order valence-corrected chi connectivity index (χ2v) is 8.47. The van der Waals surface area contributed by atoms with Crippen LogP contribution in [0.15, 0.2) is 86.4 Å². The Kier molecular flexibility index (Phi) is 4.52. The van der Waals surface area contributed by atoms with Gasteiger partial charge in [0.25, 0.3) is 5.91 Å². The molecule has 3 heterocycles. The molecule has 0 fully saturated rings. The lowest BCUT2D eigenvalue weighted by molar-refractivity contribution is -0.117. The van der Waals surface area contributed by atoms with Gasteiger partial charge in [0.05, 0.1) is 11.6 Å². The first-order chi connectivity index (χ1) is 14.5. The summed E-state index contributed by atoms with van der Waals surface area (Å²) in [6.07, 6.45) is 1.57. The molecule has 0 aliphatic carbocycles. The Morgan fingerprint density at radius 2 is 1.93 bits per heavy atom. The average Bonchev–Trinajstić information content (AvgIpc) is 3.47. The monoisotopic (exact) mass is 480 g/mol. The molecule has 1 amide bonds. The second-order valence-electron chi connectivity index (χ2n) is 6.68. The van der Waals surface area contributed by atoms with Crippen molar-refractivity contribution in [2.75, 3.05) is 4.90 Å². The number of aliphatic hydroxyl groups is 1. The standard InChI is InChI=1S/C22H13BrN2O4S/c23-14-7-5-12(6-8-14)18-17(20(27)21(28)25(18)22-24-9-10-30-22)19(26)16-11-13-3-1-2-4-15(13)29-16/h1-11,18,27H. The van der Waals surface area contributed by atoms with Gasteiger partial charge in [-0.05, 0) is 29.8 Å². The van der Waals surface area contributed by atoms with Crippen LogP contribution in [0.2, 0.25) is 0 Å². The van der Waals surface area contributed by atoms with Gasteiger partial charge in [0.15, 0.2) is 16.7 Å². The number of Topliss-reactive ketones (excluding diaryl/α,β-unsaturated/α-hetero) is 1. The number of amides is 1. The largest absolute Gasteiger partial charge is 0.503 e. The molecule has 1 unspecified atom stereocenters. The van der Waals surface area contributed by atoms with Crippen LogP contribution in [-0.4, -0.2) is 21.8 Å². The first-order valence-electron chi connectivity index (χ1n) is 8.99. The topological polar surface area (TPSA) is 83.6 Å². The minimum atomic E-state index is -0.822. The second kappa shape index (κ2) is 7.23. The molecule has 2 aromatic carbocycles. The summed E-state index contributed by atoms with van der Waals surface area (Å²) in [4.78, 5) is 32.0. The number of anilines is 1. The van der Waals surface area contributed by atoms with E-state index in [1.807, 2.05) is 30.3 Å². The number of aromatic nitrogens is 1. The van der Waals surface area contributed by atoms with Crippen molar-refractivity contribution in [3.8, 4) is 0 Å². The fraction of sp³-hybridized carbons (Fsp3) is 0.0455. The van der Waals surface area contributed by atoms with Crippen LogP contribution in [0.5, 0.6) is 0 Å². The van der Waals surface area contributed by atoms with Crippen molar-refractivity contribution < 1.29 is 19.1 Å². The van der Waals surface area contributed by atoms with Gasteiger partial charge in [0, 0.05) is 21.4 Å². The third-order valence-electron chi connectivity index (χ3n) is 4.91. The fourth-order valence-electron chi connectivity index (χ4n) is 3.56. The highest BCUT2D eigenvalue weighted by Crippen LogP contribution is 2.43. The summed E-state index contributed by atoms with van der Waals surface area (Å²) in [6, 6.07) is 15.3. The van der Waals surface area contributed by atoms with Gasteiger partial charge in [-0.3, -0.25) is 14.5 Å². The van der Waals surface area contributed by atoms with E-state index in [4.69, 9.17) is 4.42 Å². The fourth-order valence-corrected chi connectivity index (χ4v) is 4.49. The number of hydrogen-bond acceptors (Lipinski definition) is 6. The molecule has 8 heteroatoms. The van der Waals surface area contributed by atoms with Gasteiger partial charge in [-0.2, -0.15) is 0 Å². The van der Waals surface area contributed by atoms with Crippen molar-refractivity contribution >= 4 is 55.1 Å². The number of rotatable bonds is 4. The molecule has 4 aromatic rings. The zero-order chi connectivity index (χ0) is 20.8. The molecule has 1 atom stereocenters. The van der Waals surface area contributed by atoms with Crippen molar-refractivity contribution in [2.45, 2.75) is 6.04 Å². The quantitative estimate of drug-likeness (QED) is 0.393.